The number of halogens is 1. The van der Waals surface area contributed by atoms with Crippen LogP contribution in [-0.2, 0) is 5.33 Å². The largest absolute Gasteiger partial charge is 0.220 e. The minimum absolute atomic E-state index is 0.739. The topological polar surface area (TPSA) is 43.6 Å². The van der Waals surface area contributed by atoms with Crippen molar-refractivity contribution in [2.24, 2.45) is 0 Å². The van der Waals surface area contributed by atoms with Gasteiger partial charge in [-0.3, -0.25) is 0 Å². The molecule has 0 aliphatic rings. The normalized spacial score (nSPS) is 10.4. The first kappa shape index (κ1) is 9.33. The van der Waals surface area contributed by atoms with Crippen molar-refractivity contribution in [3.8, 4) is 5.82 Å². The molecule has 0 saturated heterocycles. The lowest BCUT2D eigenvalue weighted by molar-refractivity contribution is 0.803. The van der Waals surface area contributed by atoms with Crippen LogP contribution in [0.5, 0.6) is 0 Å². The zero-order chi connectivity index (χ0) is 9.97. The Kier molecular flexibility index (Phi) is 2.58. The van der Waals surface area contributed by atoms with Crippen LogP contribution in [0.1, 0.15) is 11.3 Å². The van der Waals surface area contributed by atoms with E-state index in [1.54, 1.807) is 10.9 Å². The van der Waals surface area contributed by atoms with Gasteiger partial charge >= 0.3 is 0 Å². The Hall–Kier alpha value is -1.23. The molecule has 2 heterocycles. The van der Waals surface area contributed by atoms with Gasteiger partial charge in [0.2, 0.25) is 0 Å². The van der Waals surface area contributed by atoms with E-state index in [0.29, 0.717) is 0 Å². The molecular weight excluding hydrogens is 244 g/mol. The van der Waals surface area contributed by atoms with E-state index in [1.807, 2.05) is 25.3 Å². The van der Waals surface area contributed by atoms with E-state index >= 15 is 0 Å². The van der Waals surface area contributed by atoms with E-state index in [1.165, 1.54) is 0 Å². The predicted octanol–water partition coefficient (Wildman–Crippen LogP) is 1.87. The van der Waals surface area contributed by atoms with Crippen molar-refractivity contribution in [3.05, 3.63) is 35.8 Å². The fourth-order valence-electron chi connectivity index (χ4n) is 1.16. The van der Waals surface area contributed by atoms with Gasteiger partial charge in [0.1, 0.15) is 0 Å². The summed E-state index contributed by atoms with van der Waals surface area (Å²) in [5.41, 5.74) is 2.17. The molecule has 4 nitrogen and oxygen atoms in total. The highest BCUT2D eigenvalue weighted by Gasteiger charge is 2.05. The van der Waals surface area contributed by atoms with E-state index < -0.39 is 0 Å². The summed E-state index contributed by atoms with van der Waals surface area (Å²) < 4.78 is 1.74. The van der Waals surface area contributed by atoms with Crippen molar-refractivity contribution >= 4 is 15.9 Å². The van der Waals surface area contributed by atoms with Gasteiger partial charge in [-0.05, 0) is 19.1 Å². The van der Waals surface area contributed by atoms with Crippen molar-refractivity contribution in [1.29, 1.82) is 0 Å². The van der Waals surface area contributed by atoms with Gasteiger partial charge in [-0.15, -0.1) is 5.10 Å². The molecule has 0 spiro atoms. The van der Waals surface area contributed by atoms with Crippen LogP contribution in [-0.4, -0.2) is 20.0 Å². The number of aromatic nitrogens is 4. The highest BCUT2D eigenvalue weighted by Crippen LogP contribution is 2.12. The van der Waals surface area contributed by atoms with Crippen molar-refractivity contribution in [1.82, 2.24) is 20.0 Å². The van der Waals surface area contributed by atoms with Crippen molar-refractivity contribution in [2.75, 3.05) is 0 Å². The summed E-state index contributed by atoms with van der Waals surface area (Å²) in [5, 5.41) is 12.9. The number of aryl methyl sites for hydroxylation is 1. The fraction of sp³-hybridized carbons (Fsp3) is 0.222. The highest BCUT2D eigenvalue weighted by atomic mass is 79.9. The van der Waals surface area contributed by atoms with Crippen molar-refractivity contribution < 1.29 is 0 Å². The van der Waals surface area contributed by atoms with Gasteiger partial charge in [-0.25, -0.2) is 4.68 Å². The number of rotatable bonds is 2. The molecule has 0 saturated carbocycles. The molecule has 2 rings (SSSR count). The molecule has 0 N–H and O–H groups in total. The standard InChI is InChI=1S/C9H9BrN4/c1-7-8(5-10)6-14(13-7)9-3-2-4-11-12-9/h2-4,6H,5H2,1H3. The Morgan fingerprint density at radius 2 is 2.36 bits per heavy atom. The maximum atomic E-state index is 4.34. The molecule has 0 unspecified atom stereocenters. The smallest absolute Gasteiger partial charge is 0.175 e. The van der Waals surface area contributed by atoms with Crippen LogP contribution in [0.2, 0.25) is 0 Å². The van der Waals surface area contributed by atoms with Crippen LogP contribution >= 0.6 is 15.9 Å². The Morgan fingerprint density at radius 1 is 1.50 bits per heavy atom. The molecule has 0 aliphatic heterocycles. The third kappa shape index (κ3) is 1.68. The molecule has 5 heteroatoms. The van der Waals surface area contributed by atoms with Crippen LogP contribution in [0.3, 0.4) is 0 Å². The van der Waals surface area contributed by atoms with Crippen LogP contribution in [0.4, 0.5) is 0 Å². The first-order valence-corrected chi connectivity index (χ1v) is 5.32. The fourth-order valence-corrected chi connectivity index (χ4v) is 1.71. The molecule has 0 bridgehead atoms. The van der Waals surface area contributed by atoms with Crippen LogP contribution < -0.4 is 0 Å². The number of nitrogens with zero attached hydrogens (tertiary/aromatic N) is 4. The Bertz CT molecular complexity index is 424. The van der Waals surface area contributed by atoms with E-state index in [2.05, 4.69) is 31.2 Å². The summed E-state index contributed by atoms with van der Waals surface area (Å²) in [6, 6.07) is 3.71. The average molecular weight is 253 g/mol. The van der Waals surface area contributed by atoms with Gasteiger partial charge in [0.15, 0.2) is 5.82 Å². The van der Waals surface area contributed by atoms with Gasteiger partial charge in [-0.2, -0.15) is 10.2 Å². The average Bonchev–Trinajstić information content (AvgIpc) is 2.61. The van der Waals surface area contributed by atoms with E-state index in [0.717, 1.165) is 22.4 Å². The first-order chi connectivity index (χ1) is 6.81. The van der Waals surface area contributed by atoms with Crippen molar-refractivity contribution in [3.63, 3.8) is 0 Å². The lowest BCUT2D eigenvalue weighted by atomic mass is 10.3. The van der Waals surface area contributed by atoms with Gasteiger partial charge in [0, 0.05) is 23.3 Å². The number of hydrogen-bond acceptors (Lipinski definition) is 3. The molecular formula is C9H9BrN4. The van der Waals surface area contributed by atoms with Gasteiger partial charge in [-0.1, -0.05) is 15.9 Å². The molecule has 0 fully saturated rings. The second kappa shape index (κ2) is 3.88. The lowest BCUT2D eigenvalue weighted by Crippen LogP contribution is -1.98. The Morgan fingerprint density at radius 3 is 2.93 bits per heavy atom. The molecule has 0 aliphatic carbocycles. The van der Waals surface area contributed by atoms with E-state index in [4.69, 9.17) is 0 Å². The molecule has 0 aromatic carbocycles. The van der Waals surface area contributed by atoms with Gasteiger partial charge < -0.3 is 0 Å². The monoisotopic (exact) mass is 252 g/mol. The highest BCUT2D eigenvalue weighted by molar-refractivity contribution is 9.08. The minimum Gasteiger partial charge on any atom is -0.220 e. The second-order valence-corrected chi connectivity index (χ2v) is 3.46. The minimum atomic E-state index is 0.739. The first-order valence-electron chi connectivity index (χ1n) is 4.20. The Balaban J connectivity index is 2.43. The second-order valence-electron chi connectivity index (χ2n) is 2.90. The summed E-state index contributed by atoms with van der Waals surface area (Å²) in [5.74, 6) is 0.739. The zero-order valence-corrected chi connectivity index (χ0v) is 9.27. The summed E-state index contributed by atoms with van der Waals surface area (Å²) in [7, 11) is 0. The summed E-state index contributed by atoms with van der Waals surface area (Å²) in [4.78, 5) is 0. The SMILES string of the molecule is Cc1nn(-c2cccnn2)cc1CBr. The summed E-state index contributed by atoms with van der Waals surface area (Å²) in [6.45, 7) is 1.98. The molecule has 2 aromatic rings. The summed E-state index contributed by atoms with van der Waals surface area (Å²) in [6.07, 6.45) is 3.60. The zero-order valence-electron chi connectivity index (χ0n) is 7.68. The summed E-state index contributed by atoms with van der Waals surface area (Å²) >= 11 is 3.40. The molecule has 0 atom stereocenters. The molecule has 2 aromatic heterocycles. The van der Waals surface area contributed by atoms with Gasteiger partial charge in [0.05, 0.1) is 5.69 Å². The third-order valence-electron chi connectivity index (χ3n) is 1.94. The lowest BCUT2D eigenvalue weighted by Gasteiger charge is -1.95. The third-order valence-corrected chi connectivity index (χ3v) is 2.54. The van der Waals surface area contributed by atoms with Crippen molar-refractivity contribution in [2.45, 2.75) is 12.3 Å². The van der Waals surface area contributed by atoms with Gasteiger partial charge in [0.25, 0.3) is 0 Å². The molecule has 0 amide bonds. The molecule has 0 radical (unpaired) electrons. The van der Waals surface area contributed by atoms with Crippen LogP contribution in [0, 0.1) is 6.92 Å². The van der Waals surface area contributed by atoms with Crippen LogP contribution in [0.15, 0.2) is 24.5 Å². The maximum Gasteiger partial charge on any atom is 0.175 e. The predicted molar refractivity (Wildman–Crippen MR) is 56.5 cm³/mol. The maximum absolute atomic E-state index is 4.34. The van der Waals surface area contributed by atoms with E-state index in [9.17, 15) is 0 Å². The van der Waals surface area contributed by atoms with E-state index in [-0.39, 0.29) is 0 Å². The van der Waals surface area contributed by atoms with Crippen LogP contribution in [0.25, 0.3) is 5.82 Å². The Labute approximate surface area is 90.1 Å². The molecule has 14 heavy (non-hydrogen) atoms. The number of hydrogen-bond donors (Lipinski definition) is 0. The number of alkyl halides is 1. The molecule has 72 valence electrons. The quantitative estimate of drug-likeness (QED) is 0.767.